The van der Waals surface area contributed by atoms with Crippen molar-refractivity contribution >= 4 is 43.2 Å². The van der Waals surface area contributed by atoms with E-state index >= 15 is 0 Å². The highest BCUT2D eigenvalue weighted by atomic mass is 79.9. The molecule has 0 saturated heterocycles. The zero-order valence-electron chi connectivity index (χ0n) is 9.76. The molecule has 0 saturated carbocycles. The van der Waals surface area contributed by atoms with Crippen molar-refractivity contribution in [3.63, 3.8) is 0 Å². The molecular formula is C13H9Br2F3S. The maximum atomic E-state index is 13.1. The summed E-state index contributed by atoms with van der Waals surface area (Å²) in [5.41, 5.74) is -0.382. The molecule has 2 rings (SSSR count). The molecule has 19 heavy (non-hydrogen) atoms. The molecule has 0 nitrogen and oxygen atoms in total. The molecule has 0 bridgehead atoms. The van der Waals surface area contributed by atoms with Gasteiger partial charge in [-0.15, -0.1) is 11.3 Å². The first kappa shape index (κ1) is 15.1. The van der Waals surface area contributed by atoms with Crippen LogP contribution in [0.15, 0.2) is 34.8 Å². The van der Waals surface area contributed by atoms with Gasteiger partial charge in [-0.2, -0.15) is 13.2 Å². The van der Waals surface area contributed by atoms with Gasteiger partial charge in [0.2, 0.25) is 0 Å². The van der Waals surface area contributed by atoms with Crippen molar-refractivity contribution in [2.45, 2.75) is 17.9 Å². The fourth-order valence-electron chi connectivity index (χ4n) is 1.74. The van der Waals surface area contributed by atoms with E-state index in [-0.39, 0.29) is 5.56 Å². The van der Waals surface area contributed by atoms with E-state index in [1.54, 1.807) is 6.07 Å². The number of thiophene rings is 1. The molecule has 0 radical (unpaired) electrons. The minimum absolute atomic E-state index is 0.234. The molecular weight excluding hydrogens is 405 g/mol. The Morgan fingerprint density at radius 2 is 1.84 bits per heavy atom. The van der Waals surface area contributed by atoms with Crippen LogP contribution < -0.4 is 0 Å². The van der Waals surface area contributed by atoms with Gasteiger partial charge in [-0.3, -0.25) is 0 Å². The summed E-state index contributed by atoms with van der Waals surface area (Å²) in [7, 11) is 0. The van der Waals surface area contributed by atoms with Crippen LogP contribution in [0, 0.1) is 6.92 Å². The summed E-state index contributed by atoms with van der Waals surface area (Å²) >= 11 is 7.94. The third kappa shape index (κ3) is 3.41. The second-order valence-corrected chi connectivity index (χ2v) is 7.19. The summed E-state index contributed by atoms with van der Waals surface area (Å²) in [4.78, 5) is 1.49. The monoisotopic (exact) mass is 412 g/mol. The van der Waals surface area contributed by atoms with Crippen LogP contribution in [0.4, 0.5) is 13.2 Å². The van der Waals surface area contributed by atoms with E-state index < -0.39 is 16.6 Å². The number of halogens is 5. The first-order valence-corrected chi connectivity index (χ1v) is 7.88. The molecule has 0 aliphatic carbocycles. The van der Waals surface area contributed by atoms with Crippen molar-refractivity contribution in [1.82, 2.24) is 0 Å². The second-order valence-electron chi connectivity index (χ2n) is 4.04. The maximum absolute atomic E-state index is 13.1. The average molecular weight is 414 g/mol. The Balaban J connectivity index is 2.50. The van der Waals surface area contributed by atoms with Crippen LogP contribution in [-0.4, -0.2) is 0 Å². The highest BCUT2D eigenvalue weighted by Crippen LogP contribution is 2.42. The van der Waals surface area contributed by atoms with E-state index in [0.717, 1.165) is 15.8 Å². The largest absolute Gasteiger partial charge is 0.416 e. The van der Waals surface area contributed by atoms with Gasteiger partial charge in [0, 0.05) is 14.2 Å². The summed E-state index contributed by atoms with van der Waals surface area (Å²) in [6.45, 7) is 1.93. The van der Waals surface area contributed by atoms with E-state index in [1.165, 1.54) is 17.4 Å². The minimum atomic E-state index is -4.36. The summed E-state index contributed by atoms with van der Waals surface area (Å²) in [6, 6.07) is 7.99. The van der Waals surface area contributed by atoms with Gasteiger partial charge in [-0.1, -0.05) is 37.9 Å². The normalized spacial score (nSPS) is 13.6. The Morgan fingerprint density at radius 3 is 2.37 bits per heavy atom. The van der Waals surface area contributed by atoms with Gasteiger partial charge >= 0.3 is 6.18 Å². The lowest BCUT2D eigenvalue weighted by molar-refractivity contribution is -0.138. The first-order valence-electron chi connectivity index (χ1n) is 5.36. The predicted octanol–water partition coefficient (Wildman–Crippen LogP) is 6.32. The molecule has 0 spiro atoms. The Morgan fingerprint density at radius 1 is 1.16 bits per heavy atom. The first-order chi connectivity index (χ1) is 8.79. The number of rotatable bonds is 2. The Hall–Kier alpha value is -0.330. The minimum Gasteiger partial charge on any atom is -0.166 e. The zero-order chi connectivity index (χ0) is 14.2. The highest BCUT2D eigenvalue weighted by molar-refractivity contribution is 9.10. The highest BCUT2D eigenvalue weighted by Gasteiger charge is 2.35. The van der Waals surface area contributed by atoms with E-state index in [0.29, 0.717) is 4.47 Å². The molecule has 1 atom stereocenters. The van der Waals surface area contributed by atoms with Gasteiger partial charge in [0.25, 0.3) is 0 Å². The lowest BCUT2D eigenvalue weighted by Crippen LogP contribution is -2.10. The van der Waals surface area contributed by atoms with Crippen LogP contribution >= 0.6 is 43.2 Å². The third-order valence-corrected chi connectivity index (χ3v) is 5.45. The quantitative estimate of drug-likeness (QED) is 0.505. The molecule has 0 aliphatic heterocycles. The van der Waals surface area contributed by atoms with Gasteiger partial charge in [0.05, 0.1) is 10.4 Å². The molecule has 0 N–H and O–H groups in total. The topological polar surface area (TPSA) is 0 Å². The van der Waals surface area contributed by atoms with Gasteiger partial charge in [0.1, 0.15) is 0 Å². The molecule has 0 aliphatic rings. The molecule has 0 fully saturated rings. The van der Waals surface area contributed by atoms with Crippen LogP contribution in [0.3, 0.4) is 0 Å². The van der Waals surface area contributed by atoms with Gasteiger partial charge in [-0.05, 0) is 36.8 Å². The van der Waals surface area contributed by atoms with Crippen molar-refractivity contribution in [3.8, 4) is 0 Å². The average Bonchev–Trinajstić information content (AvgIpc) is 2.74. The molecule has 1 unspecified atom stereocenters. The van der Waals surface area contributed by atoms with E-state index in [2.05, 4.69) is 31.9 Å². The van der Waals surface area contributed by atoms with Crippen molar-refractivity contribution in [1.29, 1.82) is 0 Å². The number of benzene rings is 1. The SMILES string of the molecule is Cc1ccc(C(Br)c2ccc(Br)cc2C(F)(F)F)s1. The fourth-order valence-corrected chi connectivity index (χ4v) is 3.81. The lowest BCUT2D eigenvalue weighted by atomic mass is 10.0. The molecule has 1 aromatic heterocycles. The number of hydrogen-bond acceptors (Lipinski definition) is 1. The van der Waals surface area contributed by atoms with E-state index in [1.807, 2.05) is 19.1 Å². The predicted molar refractivity (Wildman–Crippen MR) is 79.0 cm³/mol. The molecule has 102 valence electrons. The smallest absolute Gasteiger partial charge is 0.166 e. The zero-order valence-corrected chi connectivity index (χ0v) is 13.8. The molecule has 1 heterocycles. The van der Waals surface area contributed by atoms with Gasteiger partial charge in [-0.25, -0.2) is 0 Å². The summed E-state index contributed by atoms with van der Waals surface area (Å²) in [6.07, 6.45) is -4.36. The summed E-state index contributed by atoms with van der Waals surface area (Å²) in [5.74, 6) is 0. The van der Waals surface area contributed by atoms with Crippen molar-refractivity contribution in [2.24, 2.45) is 0 Å². The van der Waals surface area contributed by atoms with Crippen LogP contribution in [0.2, 0.25) is 0 Å². The van der Waals surface area contributed by atoms with Crippen molar-refractivity contribution < 1.29 is 13.2 Å². The van der Waals surface area contributed by atoms with Gasteiger partial charge in [0.15, 0.2) is 0 Å². The fraction of sp³-hybridized carbons (Fsp3) is 0.231. The molecule has 6 heteroatoms. The van der Waals surface area contributed by atoms with Crippen molar-refractivity contribution in [3.05, 3.63) is 55.7 Å². The lowest BCUT2D eigenvalue weighted by Gasteiger charge is -2.16. The van der Waals surface area contributed by atoms with Crippen LogP contribution in [-0.2, 0) is 6.18 Å². The van der Waals surface area contributed by atoms with E-state index in [4.69, 9.17) is 0 Å². The third-order valence-electron chi connectivity index (χ3n) is 2.60. The molecule has 2 aromatic rings. The molecule has 0 amide bonds. The van der Waals surface area contributed by atoms with Crippen LogP contribution in [0.1, 0.15) is 25.7 Å². The van der Waals surface area contributed by atoms with Crippen LogP contribution in [0.25, 0.3) is 0 Å². The summed E-state index contributed by atoms with van der Waals surface area (Å²) < 4.78 is 39.6. The van der Waals surface area contributed by atoms with E-state index in [9.17, 15) is 13.2 Å². The Bertz CT molecular complexity index is 590. The molecule has 1 aromatic carbocycles. The summed E-state index contributed by atoms with van der Waals surface area (Å²) in [5, 5.41) is 0. The standard InChI is InChI=1S/C13H9Br2F3S/c1-7-2-5-11(19-7)12(15)9-4-3-8(14)6-10(9)13(16,17)18/h2-6,12H,1H3. The number of alkyl halides is 4. The Labute approximate surface area is 129 Å². The van der Waals surface area contributed by atoms with Crippen molar-refractivity contribution in [2.75, 3.05) is 0 Å². The van der Waals surface area contributed by atoms with Crippen LogP contribution in [0.5, 0.6) is 0 Å². The second kappa shape index (κ2) is 5.58. The number of aryl methyl sites for hydroxylation is 1. The van der Waals surface area contributed by atoms with Gasteiger partial charge < -0.3 is 0 Å². The number of hydrogen-bond donors (Lipinski definition) is 0. The Kier molecular flexibility index (Phi) is 4.42. The maximum Gasteiger partial charge on any atom is 0.416 e.